The van der Waals surface area contributed by atoms with Gasteiger partial charge in [0, 0.05) is 24.2 Å². The molecule has 23 heavy (non-hydrogen) atoms. The summed E-state index contributed by atoms with van der Waals surface area (Å²) in [5.74, 6) is 0. The van der Waals surface area contributed by atoms with Crippen LogP contribution >= 0.6 is 0 Å². The maximum absolute atomic E-state index is 4.61. The number of pyridine rings is 1. The number of nitrogens with zero attached hydrogens (tertiary/aromatic N) is 2. The van der Waals surface area contributed by atoms with E-state index in [1.807, 2.05) is 12.3 Å². The number of fused-ring (bicyclic) bond motifs is 1. The van der Waals surface area contributed by atoms with Crippen LogP contribution in [0.25, 0.3) is 10.9 Å². The number of aromatic nitrogens is 1. The van der Waals surface area contributed by atoms with Gasteiger partial charge in [-0.1, -0.05) is 54.6 Å². The standard InChI is InChI=1S/C21H22N2/c1-2-7-17(8-3-1)15-20-12-6-14-23(20)16-19-10-4-9-18-11-5-13-22-21(18)19/h1-5,7-11,13,20H,6,12,14-16H2/t20-/m0/s1. The minimum absolute atomic E-state index is 0.649. The molecule has 0 radical (unpaired) electrons. The highest BCUT2D eigenvalue weighted by Crippen LogP contribution is 2.25. The molecule has 3 aromatic rings. The van der Waals surface area contributed by atoms with Crippen molar-refractivity contribution in [3.05, 3.63) is 78.0 Å². The first-order chi connectivity index (χ1) is 11.4. The summed E-state index contributed by atoms with van der Waals surface area (Å²) in [6.07, 6.45) is 5.65. The fourth-order valence-corrected chi connectivity index (χ4v) is 3.73. The first-order valence-corrected chi connectivity index (χ1v) is 8.51. The van der Waals surface area contributed by atoms with E-state index >= 15 is 0 Å². The highest BCUT2D eigenvalue weighted by atomic mass is 15.2. The second-order valence-corrected chi connectivity index (χ2v) is 6.45. The summed E-state index contributed by atoms with van der Waals surface area (Å²) in [5, 5.41) is 1.24. The number of hydrogen-bond acceptors (Lipinski definition) is 2. The van der Waals surface area contributed by atoms with Gasteiger partial charge >= 0.3 is 0 Å². The van der Waals surface area contributed by atoms with Gasteiger partial charge in [-0.25, -0.2) is 0 Å². The number of likely N-dealkylation sites (tertiary alicyclic amines) is 1. The Hall–Kier alpha value is -2.19. The molecule has 2 aromatic carbocycles. The fraction of sp³-hybridized carbons (Fsp3) is 0.286. The monoisotopic (exact) mass is 302 g/mol. The van der Waals surface area contributed by atoms with Crippen LogP contribution in [0.2, 0.25) is 0 Å². The highest BCUT2D eigenvalue weighted by Gasteiger charge is 2.25. The molecule has 1 aliphatic heterocycles. The Labute approximate surface area is 137 Å². The maximum Gasteiger partial charge on any atom is 0.0746 e. The zero-order chi connectivity index (χ0) is 15.5. The molecule has 1 aromatic heterocycles. The second kappa shape index (κ2) is 6.51. The molecule has 1 saturated heterocycles. The molecule has 2 heterocycles. The molecule has 116 valence electrons. The zero-order valence-corrected chi connectivity index (χ0v) is 13.4. The van der Waals surface area contributed by atoms with Gasteiger partial charge < -0.3 is 0 Å². The van der Waals surface area contributed by atoms with Gasteiger partial charge in [-0.3, -0.25) is 9.88 Å². The molecular weight excluding hydrogens is 280 g/mol. The third-order valence-electron chi connectivity index (χ3n) is 4.90. The maximum atomic E-state index is 4.61. The smallest absolute Gasteiger partial charge is 0.0746 e. The summed E-state index contributed by atoms with van der Waals surface area (Å²) < 4.78 is 0. The van der Waals surface area contributed by atoms with Crippen LogP contribution in [0.3, 0.4) is 0 Å². The van der Waals surface area contributed by atoms with Crippen molar-refractivity contribution in [2.75, 3.05) is 6.54 Å². The van der Waals surface area contributed by atoms with Crippen molar-refractivity contribution in [3.63, 3.8) is 0 Å². The van der Waals surface area contributed by atoms with E-state index in [4.69, 9.17) is 0 Å². The summed E-state index contributed by atoms with van der Waals surface area (Å²) in [4.78, 5) is 7.24. The van der Waals surface area contributed by atoms with Crippen molar-refractivity contribution in [1.82, 2.24) is 9.88 Å². The van der Waals surface area contributed by atoms with Crippen LogP contribution in [-0.2, 0) is 13.0 Å². The summed E-state index contributed by atoms with van der Waals surface area (Å²) >= 11 is 0. The van der Waals surface area contributed by atoms with Gasteiger partial charge in [-0.2, -0.15) is 0 Å². The lowest BCUT2D eigenvalue weighted by Gasteiger charge is -2.25. The molecule has 2 nitrogen and oxygen atoms in total. The lowest BCUT2D eigenvalue weighted by molar-refractivity contribution is 0.244. The minimum Gasteiger partial charge on any atom is -0.296 e. The van der Waals surface area contributed by atoms with Gasteiger partial charge in [0.05, 0.1) is 5.52 Å². The first-order valence-electron chi connectivity index (χ1n) is 8.51. The van der Waals surface area contributed by atoms with Crippen LogP contribution in [0.1, 0.15) is 24.0 Å². The lowest BCUT2D eigenvalue weighted by atomic mass is 10.0. The van der Waals surface area contributed by atoms with Crippen LogP contribution in [0, 0.1) is 0 Å². The van der Waals surface area contributed by atoms with Gasteiger partial charge in [0.2, 0.25) is 0 Å². The summed E-state index contributed by atoms with van der Waals surface area (Å²) in [7, 11) is 0. The zero-order valence-electron chi connectivity index (χ0n) is 13.4. The highest BCUT2D eigenvalue weighted by molar-refractivity contribution is 5.81. The first kappa shape index (κ1) is 14.4. The Morgan fingerprint density at radius 2 is 1.83 bits per heavy atom. The molecular formula is C21H22N2. The summed E-state index contributed by atoms with van der Waals surface area (Å²) in [6, 6.07) is 22.2. The van der Waals surface area contributed by atoms with Crippen LogP contribution in [0.5, 0.6) is 0 Å². The third-order valence-corrected chi connectivity index (χ3v) is 4.90. The Morgan fingerprint density at radius 3 is 2.74 bits per heavy atom. The number of para-hydroxylation sites is 1. The average molecular weight is 302 g/mol. The van der Waals surface area contributed by atoms with E-state index in [-0.39, 0.29) is 0 Å². The SMILES string of the molecule is c1ccc(C[C@@H]2CCCN2Cc2cccc3cccnc23)cc1. The van der Waals surface area contributed by atoms with E-state index in [0.717, 1.165) is 18.5 Å². The van der Waals surface area contributed by atoms with Gasteiger partial charge in [0.1, 0.15) is 0 Å². The van der Waals surface area contributed by atoms with Crippen molar-refractivity contribution >= 4 is 10.9 Å². The molecule has 1 aliphatic rings. The number of benzene rings is 2. The molecule has 0 saturated carbocycles. The number of rotatable bonds is 4. The van der Waals surface area contributed by atoms with E-state index < -0.39 is 0 Å². The molecule has 1 fully saturated rings. The van der Waals surface area contributed by atoms with E-state index in [1.165, 1.54) is 35.9 Å². The average Bonchev–Trinajstić information content (AvgIpc) is 3.03. The van der Waals surface area contributed by atoms with Gasteiger partial charge in [-0.05, 0) is 43.0 Å². The van der Waals surface area contributed by atoms with Crippen molar-refractivity contribution in [2.45, 2.75) is 31.8 Å². The quantitative estimate of drug-likeness (QED) is 0.708. The molecule has 2 heteroatoms. The molecule has 0 bridgehead atoms. The minimum atomic E-state index is 0.649. The summed E-state index contributed by atoms with van der Waals surface area (Å²) in [6.45, 7) is 2.20. The lowest BCUT2D eigenvalue weighted by Crippen LogP contribution is -2.30. The predicted molar refractivity (Wildman–Crippen MR) is 95.3 cm³/mol. The Kier molecular flexibility index (Phi) is 4.08. The van der Waals surface area contributed by atoms with Crippen molar-refractivity contribution in [3.8, 4) is 0 Å². The van der Waals surface area contributed by atoms with E-state index in [2.05, 4.69) is 64.5 Å². The molecule has 0 unspecified atom stereocenters. The van der Waals surface area contributed by atoms with E-state index in [1.54, 1.807) is 0 Å². The van der Waals surface area contributed by atoms with E-state index in [9.17, 15) is 0 Å². The molecule has 0 spiro atoms. The Morgan fingerprint density at radius 1 is 0.957 bits per heavy atom. The van der Waals surface area contributed by atoms with Crippen molar-refractivity contribution in [2.24, 2.45) is 0 Å². The molecule has 0 N–H and O–H groups in total. The molecule has 1 atom stereocenters. The Bertz CT molecular complexity index is 777. The van der Waals surface area contributed by atoms with Crippen LogP contribution in [0.15, 0.2) is 66.9 Å². The summed E-state index contributed by atoms with van der Waals surface area (Å²) in [5.41, 5.74) is 3.95. The second-order valence-electron chi connectivity index (χ2n) is 6.45. The topological polar surface area (TPSA) is 16.1 Å². The molecule has 4 rings (SSSR count). The largest absolute Gasteiger partial charge is 0.296 e. The molecule has 0 aliphatic carbocycles. The third kappa shape index (κ3) is 3.13. The van der Waals surface area contributed by atoms with Gasteiger partial charge in [0.15, 0.2) is 0 Å². The van der Waals surface area contributed by atoms with Crippen LogP contribution in [-0.4, -0.2) is 22.5 Å². The molecule has 0 amide bonds. The van der Waals surface area contributed by atoms with Crippen LogP contribution < -0.4 is 0 Å². The van der Waals surface area contributed by atoms with E-state index in [0.29, 0.717) is 6.04 Å². The fourth-order valence-electron chi connectivity index (χ4n) is 3.73. The van der Waals surface area contributed by atoms with Gasteiger partial charge in [-0.15, -0.1) is 0 Å². The Balaban J connectivity index is 1.55. The van der Waals surface area contributed by atoms with Crippen molar-refractivity contribution in [1.29, 1.82) is 0 Å². The number of hydrogen-bond donors (Lipinski definition) is 0. The van der Waals surface area contributed by atoms with Crippen molar-refractivity contribution < 1.29 is 0 Å². The normalized spacial score (nSPS) is 18.5. The predicted octanol–water partition coefficient (Wildman–Crippen LogP) is 4.44. The van der Waals surface area contributed by atoms with Gasteiger partial charge in [0.25, 0.3) is 0 Å². The van der Waals surface area contributed by atoms with Crippen LogP contribution in [0.4, 0.5) is 0 Å².